The topological polar surface area (TPSA) is 17.1 Å². The van der Waals surface area contributed by atoms with Crippen molar-refractivity contribution in [1.82, 2.24) is 0 Å². The van der Waals surface area contributed by atoms with Crippen LogP contribution in [0.4, 0.5) is 0 Å². The van der Waals surface area contributed by atoms with Crippen LogP contribution in [0.15, 0.2) is 22.7 Å². The lowest BCUT2D eigenvalue weighted by Gasteiger charge is -2.05. The van der Waals surface area contributed by atoms with Crippen molar-refractivity contribution in [3.63, 3.8) is 0 Å². The number of rotatable bonds is 1. The minimum Gasteiger partial charge on any atom is -0.284 e. The highest BCUT2D eigenvalue weighted by molar-refractivity contribution is 9.10. The van der Waals surface area contributed by atoms with Gasteiger partial charge in [-0.3, -0.25) is 4.57 Å². The predicted octanol–water partition coefficient (Wildman–Crippen LogP) is 4.05. The molecular weight excluding hydrogens is 282 g/mol. The fourth-order valence-corrected chi connectivity index (χ4v) is 3.25. The molecule has 0 aliphatic rings. The number of halogens is 3. The fraction of sp³-hybridized carbons (Fsp3) is 0.143. The summed E-state index contributed by atoms with van der Waals surface area (Å²) in [7, 11) is 0. The third kappa shape index (κ3) is 2.50. The molecule has 0 spiro atoms. The third-order valence-electron chi connectivity index (χ3n) is 1.44. The van der Waals surface area contributed by atoms with Crippen LogP contribution in [0.1, 0.15) is 5.56 Å². The van der Waals surface area contributed by atoms with Crippen LogP contribution in [0, 0.1) is 6.92 Å². The van der Waals surface area contributed by atoms with Crippen molar-refractivity contribution in [2.75, 3.05) is 0 Å². The molecule has 1 rings (SSSR count). The van der Waals surface area contributed by atoms with Gasteiger partial charge in [-0.2, -0.15) is 0 Å². The Morgan fingerprint density at radius 2 is 2.00 bits per heavy atom. The third-order valence-corrected chi connectivity index (χ3v) is 4.09. The molecule has 0 atom stereocenters. The second kappa shape index (κ2) is 3.71. The van der Waals surface area contributed by atoms with Crippen LogP contribution in [-0.4, -0.2) is 0 Å². The number of hydrogen-bond donors (Lipinski definition) is 0. The van der Waals surface area contributed by atoms with Crippen molar-refractivity contribution < 1.29 is 4.57 Å². The van der Waals surface area contributed by atoms with E-state index in [9.17, 15) is 4.57 Å². The fourth-order valence-electron chi connectivity index (χ4n) is 0.911. The van der Waals surface area contributed by atoms with E-state index < -0.39 is 5.85 Å². The standard InChI is InChI=1S/C7H6BrCl2OP/c1-5-4-6(8)2-3-7(5)12(9,10)11/h2-4H,1H3. The van der Waals surface area contributed by atoms with Crippen LogP contribution in [0.25, 0.3) is 0 Å². The highest BCUT2D eigenvalue weighted by Gasteiger charge is 2.19. The minimum atomic E-state index is -3.15. The molecule has 0 aliphatic carbocycles. The first-order valence-corrected chi connectivity index (χ1v) is 7.48. The molecule has 0 aliphatic heterocycles. The maximum Gasteiger partial charge on any atom is 0.282 e. The Bertz CT molecular complexity index is 347. The quantitative estimate of drug-likeness (QED) is 0.712. The molecule has 1 aromatic carbocycles. The van der Waals surface area contributed by atoms with Gasteiger partial charge in [-0.05, 0) is 53.2 Å². The Kier molecular flexibility index (Phi) is 3.27. The van der Waals surface area contributed by atoms with Gasteiger partial charge in [0.15, 0.2) is 0 Å². The number of aryl methyl sites for hydroxylation is 1. The van der Waals surface area contributed by atoms with E-state index in [0.717, 1.165) is 10.0 Å². The van der Waals surface area contributed by atoms with Gasteiger partial charge in [0.2, 0.25) is 0 Å². The Morgan fingerprint density at radius 1 is 1.42 bits per heavy atom. The van der Waals surface area contributed by atoms with Gasteiger partial charge in [0, 0.05) is 9.78 Å². The molecule has 0 amide bonds. The zero-order valence-electron chi connectivity index (χ0n) is 6.22. The van der Waals surface area contributed by atoms with Crippen molar-refractivity contribution in [1.29, 1.82) is 0 Å². The molecule has 66 valence electrons. The van der Waals surface area contributed by atoms with Crippen LogP contribution in [0.2, 0.25) is 0 Å². The molecule has 5 heteroatoms. The van der Waals surface area contributed by atoms with Gasteiger partial charge in [0.1, 0.15) is 0 Å². The second-order valence-corrected chi connectivity index (χ2v) is 8.09. The summed E-state index contributed by atoms with van der Waals surface area (Å²) in [5.74, 6) is -3.15. The highest BCUT2D eigenvalue weighted by Crippen LogP contribution is 2.55. The highest BCUT2D eigenvalue weighted by atomic mass is 79.9. The van der Waals surface area contributed by atoms with E-state index >= 15 is 0 Å². The molecule has 0 saturated heterocycles. The molecule has 0 aromatic heterocycles. The molecule has 0 N–H and O–H groups in total. The van der Waals surface area contributed by atoms with E-state index in [2.05, 4.69) is 15.9 Å². The predicted molar refractivity (Wildman–Crippen MR) is 57.8 cm³/mol. The van der Waals surface area contributed by atoms with Gasteiger partial charge in [-0.15, -0.1) is 0 Å². The zero-order valence-corrected chi connectivity index (χ0v) is 10.2. The molecule has 0 heterocycles. The summed E-state index contributed by atoms with van der Waals surface area (Å²) in [5, 5.41) is 0.508. The molecule has 0 bridgehead atoms. The summed E-state index contributed by atoms with van der Waals surface area (Å²) in [4.78, 5) is 0. The van der Waals surface area contributed by atoms with E-state index in [1.165, 1.54) is 0 Å². The van der Waals surface area contributed by atoms with E-state index in [1.807, 2.05) is 13.0 Å². The zero-order chi connectivity index (χ0) is 9.35. The summed E-state index contributed by atoms with van der Waals surface area (Å²) in [5.41, 5.74) is 0.831. The lowest BCUT2D eigenvalue weighted by atomic mass is 10.2. The smallest absolute Gasteiger partial charge is 0.282 e. The molecule has 0 fully saturated rings. The van der Waals surface area contributed by atoms with Gasteiger partial charge in [0.05, 0.1) is 0 Å². The summed E-state index contributed by atoms with van der Waals surface area (Å²) >= 11 is 14.3. The van der Waals surface area contributed by atoms with Crippen LogP contribution in [0.3, 0.4) is 0 Å². The molecule has 1 nitrogen and oxygen atoms in total. The molecule has 1 aromatic rings. The number of hydrogen-bond acceptors (Lipinski definition) is 1. The van der Waals surface area contributed by atoms with E-state index in [-0.39, 0.29) is 0 Å². The molecule has 0 saturated carbocycles. The van der Waals surface area contributed by atoms with Crippen molar-refractivity contribution >= 4 is 49.6 Å². The van der Waals surface area contributed by atoms with Gasteiger partial charge in [-0.1, -0.05) is 15.9 Å². The van der Waals surface area contributed by atoms with Crippen LogP contribution >= 0.6 is 44.3 Å². The summed E-state index contributed by atoms with van der Waals surface area (Å²) in [6, 6.07) is 5.26. The Balaban J connectivity index is 3.28. The van der Waals surface area contributed by atoms with E-state index in [1.54, 1.807) is 12.1 Å². The van der Waals surface area contributed by atoms with Gasteiger partial charge >= 0.3 is 0 Å². The molecule has 0 radical (unpaired) electrons. The normalized spacial score (nSPS) is 11.7. The first-order valence-electron chi connectivity index (χ1n) is 3.17. The van der Waals surface area contributed by atoms with Crippen LogP contribution in [-0.2, 0) is 4.57 Å². The van der Waals surface area contributed by atoms with Crippen molar-refractivity contribution in [2.24, 2.45) is 0 Å². The average molecular weight is 288 g/mol. The van der Waals surface area contributed by atoms with Crippen LogP contribution < -0.4 is 5.30 Å². The first kappa shape index (κ1) is 10.6. The van der Waals surface area contributed by atoms with Crippen molar-refractivity contribution in [3.8, 4) is 0 Å². The monoisotopic (exact) mass is 286 g/mol. The lowest BCUT2D eigenvalue weighted by Crippen LogP contribution is -2.01. The van der Waals surface area contributed by atoms with E-state index in [0.29, 0.717) is 5.30 Å². The first-order chi connectivity index (χ1) is 5.41. The molecular formula is C7H6BrCl2OP. The van der Waals surface area contributed by atoms with E-state index in [4.69, 9.17) is 22.5 Å². The largest absolute Gasteiger partial charge is 0.284 e. The maximum absolute atomic E-state index is 11.3. The Morgan fingerprint density at radius 3 is 2.42 bits per heavy atom. The van der Waals surface area contributed by atoms with Gasteiger partial charge in [-0.25, -0.2) is 0 Å². The minimum absolute atomic E-state index is 0.508. The number of benzene rings is 1. The average Bonchev–Trinajstić information content (AvgIpc) is 1.83. The molecule has 12 heavy (non-hydrogen) atoms. The summed E-state index contributed by atoms with van der Waals surface area (Å²) in [6.07, 6.45) is 0. The SMILES string of the molecule is Cc1cc(Br)ccc1P(=O)(Cl)Cl. The Labute approximate surface area is 89.1 Å². The van der Waals surface area contributed by atoms with Crippen molar-refractivity contribution in [3.05, 3.63) is 28.2 Å². The summed E-state index contributed by atoms with van der Waals surface area (Å²) < 4.78 is 12.2. The molecule has 0 unspecified atom stereocenters. The lowest BCUT2D eigenvalue weighted by molar-refractivity contribution is 0.597. The second-order valence-electron chi connectivity index (χ2n) is 2.39. The van der Waals surface area contributed by atoms with Crippen molar-refractivity contribution in [2.45, 2.75) is 6.92 Å². The maximum atomic E-state index is 11.3. The van der Waals surface area contributed by atoms with Crippen LogP contribution in [0.5, 0.6) is 0 Å². The Hall–Kier alpha value is 0.510. The summed E-state index contributed by atoms with van der Waals surface area (Å²) in [6.45, 7) is 1.82. The van der Waals surface area contributed by atoms with Gasteiger partial charge in [0.25, 0.3) is 5.85 Å². The van der Waals surface area contributed by atoms with Gasteiger partial charge < -0.3 is 0 Å².